The molecule has 146 valence electrons. The Morgan fingerprint density at radius 1 is 1.11 bits per heavy atom. The number of carbonyl (C=O) groups excluding carboxylic acids is 1. The van der Waals surface area contributed by atoms with Crippen LogP contribution >= 0.6 is 0 Å². The fourth-order valence-corrected chi connectivity index (χ4v) is 3.82. The second-order valence-electron chi connectivity index (χ2n) is 7.09. The molecular weight excluding hydrogens is 350 g/mol. The molecule has 4 rings (SSSR count). The molecular formula is C22H27N5O. The van der Waals surface area contributed by atoms with Crippen LogP contribution in [0.4, 0.5) is 16.3 Å². The van der Waals surface area contributed by atoms with Crippen LogP contribution in [0.15, 0.2) is 48.8 Å². The summed E-state index contributed by atoms with van der Waals surface area (Å²) in [6, 6.07) is 12.4. The standard InChI is InChI=1S/C22H27N5O/c1-3-17-7-8-20-18(16-17)9-11-27(20)22(28)26-14-12-25(13-15-26)21-19(23-4-2)6-5-10-24-21/h5-11,16,23H,3-4,12-15H2,1-2H3. The molecule has 6 heteroatoms. The summed E-state index contributed by atoms with van der Waals surface area (Å²) >= 11 is 0. The Bertz CT molecular complexity index is 972. The molecule has 28 heavy (non-hydrogen) atoms. The van der Waals surface area contributed by atoms with Gasteiger partial charge in [0.1, 0.15) is 0 Å². The number of anilines is 2. The van der Waals surface area contributed by atoms with E-state index >= 15 is 0 Å². The highest BCUT2D eigenvalue weighted by Crippen LogP contribution is 2.24. The van der Waals surface area contributed by atoms with Crippen LogP contribution in [0.2, 0.25) is 0 Å². The number of pyridine rings is 1. The van der Waals surface area contributed by atoms with Gasteiger partial charge in [0, 0.05) is 50.5 Å². The number of carbonyl (C=O) groups is 1. The van der Waals surface area contributed by atoms with E-state index in [1.807, 2.05) is 29.4 Å². The summed E-state index contributed by atoms with van der Waals surface area (Å²) in [5.41, 5.74) is 3.31. The lowest BCUT2D eigenvalue weighted by atomic mass is 10.1. The molecule has 1 amide bonds. The summed E-state index contributed by atoms with van der Waals surface area (Å²) in [5, 5.41) is 4.49. The van der Waals surface area contributed by atoms with Crippen molar-refractivity contribution in [3.05, 3.63) is 54.4 Å². The highest BCUT2D eigenvalue weighted by atomic mass is 16.2. The minimum Gasteiger partial charge on any atom is -0.382 e. The molecule has 0 radical (unpaired) electrons. The van der Waals surface area contributed by atoms with Crippen LogP contribution in [0.5, 0.6) is 0 Å². The minimum absolute atomic E-state index is 0.0480. The van der Waals surface area contributed by atoms with E-state index in [4.69, 9.17) is 0 Å². The molecule has 0 unspecified atom stereocenters. The topological polar surface area (TPSA) is 53.4 Å². The van der Waals surface area contributed by atoms with Gasteiger partial charge in [-0.25, -0.2) is 9.78 Å². The summed E-state index contributed by atoms with van der Waals surface area (Å²) in [7, 11) is 0. The van der Waals surface area contributed by atoms with Crippen molar-refractivity contribution in [2.75, 3.05) is 42.9 Å². The minimum atomic E-state index is 0.0480. The van der Waals surface area contributed by atoms with E-state index in [0.717, 1.165) is 48.5 Å². The predicted octanol–water partition coefficient (Wildman–Crippen LogP) is 3.82. The van der Waals surface area contributed by atoms with Gasteiger partial charge >= 0.3 is 6.03 Å². The molecule has 0 aliphatic carbocycles. The van der Waals surface area contributed by atoms with Crippen molar-refractivity contribution in [3.63, 3.8) is 0 Å². The maximum atomic E-state index is 13.1. The molecule has 1 aromatic carbocycles. The first-order chi connectivity index (χ1) is 13.7. The molecule has 6 nitrogen and oxygen atoms in total. The van der Waals surface area contributed by atoms with Gasteiger partial charge in [-0.15, -0.1) is 0 Å². The van der Waals surface area contributed by atoms with E-state index in [0.29, 0.717) is 13.1 Å². The van der Waals surface area contributed by atoms with Crippen LogP contribution in [0, 0.1) is 0 Å². The largest absolute Gasteiger partial charge is 0.382 e. The fourth-order valence-electron chi connectivity index (χ4n) is 3.82. The second-order valence-corrected chi connectivity index (χ2v) is 7.09. The Labute approximate surface area is 165 Å². The van der Waals surface area contributed by atoms with E-state index in [1.165, 1.54) is 5.56 Å². The molecule has 1 N–H and O–H groups in total. The van der Waals surface area contributed by atoms with Crippen molar-refractivity contribution in [1.82, 2.24) is 14.5 Å². The van der Waals surface area contributed by atoms with Crippen molar-refractivity contribution in [3.8, 4) is 0 Å². The number of nitrogens with zero attached hydrogens (tertiary/aromatic N) is 4. The van der Waals surface area contributed by atoms with Gasteiger partial charge in [0.15, 0.2) is 5.82 Å². The van der Waals surface area contributed by atoms with Crippen molar-refractivity contribution in [2.24, 2.45) is 0 Å². The number of piperazine rings is 1. The van der Waals surface area contributed by atoms with Gasteiger partial charge in [0.2, 0.25) is 0 Å². The van der Waals surface area contributed by atoms with E-state index in [2.05, 4.69) is 53.3 Å². The Kier molecular flexibility index (Phi) is 5.19. The van der Waals surface area contributed by atoms with Crippen molar-refractivity contribution in [1.29, 1.82) is 0 Å². The average molecular weight is 377 g/mol. The monoisotopic (exact) mass is 377 g/mol. The fraction of sp³-hybridized carbons (Fsp3) is 0.364. The van der Waals surface area contributed by atoms with Gasteiger partial charge in [-0.1, -0.05) is 13.0 Å². The van der Waals surface area contributed by atoms with Gasteiger partial charge < -0.3 is 15.1 Å². The zero-order valence-corrected chi connectivity index (χ0v) is 16.6. The van der Waals surface area contributed by atoms with Gasteiger partial charge in [0.05, 0.1) is 11.2 Å². The smallest absolute Gasteiger partial charge is 0.328 e. The van der Waals surface area contributed by atoms with Gasteiger partial charge in [-0.2, -0.15) is 0 Å². The Hall–Kier alpha value is -3.02. The molecule has 1 aliphatic rings. The predicted molar refractivity (Wildman–Crippen MR) is 114 cm³/mol. The number of fused-ring (bicyclic) bond motifs is 1. The molecule has 1 fully saturated rings. The molecule has 0 bridgehead atoms. The van der Waals surface area contributed by atoms with Crippen molar-refractivity contribution < 1.29 is 4.79 Å². The SMILES string of the molecule is CCNc1cccnc1N1CCN(C(=O)n2ccc3cc(CC)ccc32)CC1. The van der Waals surface area contributed by atoms with Gasteiger partial charge in [0.25, 0.3) is 0 Å². The molecule has 2 aromatic heterocycles. The number of hydrogen-bond donors (Lipinski definition) is 1. The van der Waals surface area contributed by atoms with E-state index in [1.54, 1.807) is 4.57 Å². The molecule has 3 aromatic rings. The van der Waals surface area contributed by atoms with E-state index in [-0.39, 0.29) is 6.03 Å². The zero-order valence-electron chi connectivity index (χ0n) is 16.6. The van der Waals surface area contributed by atoms with Crippen molar-refractivity contribution >= 4 is 28.4 Å². The van der Waals surface area contributed by atoms with Crippen molar-refractivity contribution in [2.45, 2.75) is 20.3 Å². The number of benzene rings is 1. The molecule has 0 atom stereocenters. The number of aromatic nitrogens is 2. The molecule has 0 spiro atoms. The summed E-state index contributed by atoms with van der Waals surface area (Å²) in [4.78, 5) is 21.8. The Morgan fingerprint density at radius 3 is 2.68 bits per heavy atom. The highest BCUT2D eigenvalue weighted by molar-refractivity contribution is 5.92. The van der Waals surface area contributed by atoms with Crippen LogP contribution in [0.3, 0.4) is 0 Å². The maximum absolute atomic E-state index is 13.1. The normalized spacial score (nSPS) is 14.5. The quantitative estimate of drug-likeness (QED) is 0.751. The lowest BCUT2D eigenvalue weighted by Crippen LogP contribution is -2.50. The summed E-state index contributed by atoms with van der Waals surface area (Å²) in [5.74, 6) is 0.968. The van der Waals surface area contributed by atoms with E-state index in [9.17, 15) is 4.79 Å². The lowest BCUT2D eigenvalue weighted by Gasteiger charge is -2.36. The zero-order chi connectivity index (χ0) is 19.5. The van der Waals surface area contributed by atoms with Crippen LogP contribution in [0.25, 0.3) is 10.9 Å². The average Bonchev–Trinajstić information content (AvgIpc) is 3.17. The molecule has 1 aliphatic heterocycles. The first-order valence-electron chi connectivity index (χ1n) is 10.0. The number of rotatable bonds is 4. The van der Waals surface area contributed by atoms with Gasteiger partial charge in [-0.05, 0) is 49.2 Å². The second kappa shape index (κ2) is 7.92. The first-order valence-corrected chi connectivity index (χ1v) is 10.0. The van der Waals surface area contributed by atoms with E-state index < -0.39 is 0 Å². The Balaban J connectivity index is 1.48. The first kappa shape index (κ1) is 18.3. The third kappa shape index (κ3) is 3.42. The number of hydrogen-bond acceptors (Lipinski definition) is 4. The maximum Gasteiger partial charge on any atom is 0.328 e. The summed E-state index contributed by atoms with van der Waals surface area (Å²) in [6.07, 6.45) is 4.71. The van der Waals surface area contributed by atoms with Crippen LogP contribution < -0.4 is 10.2 Å². The molecule has 1 saturated heterocycles. The van der Waals surface area contributed by atoms with Crippen LogP contribution in [0.1, 0.15) is 19.4 Å². The number of nitrogens with one attached hydrogen (secondary N) is 1. The van der Waals surface area contributed by atoms with Crippen LogP contribution in [-0.4, -0.2) is 53.2 Å². The van der Waals surface area contributed by atoms with Gasteiger partial charge in [-0.3, -0.25) is 4.57 Å². The Morgan fingerprint density at radius 2 is 1.93 bits per heavy atom. The third-order valence-corrected chi connectivity index (χ3v) is 5.37. The molecule has 0 saturated carbocycles. The summed E-state index contributed by atoms with van der Waals surface area (Å²) < 4.78 is 1.77. The lowest BCUT2D eigenvalue weighted by molar-refractivity contribution is 0.197. The third-order valence-electron chi connectivity index (χ3n) is 5.37. The van der Waals surface area contributed by atoms with Crippen LogP contribution in [-0.2, 0) is 6.42 Å². The molecule has 3 heterocycles. The highest BCUT2D eigenvalue weighted by Gasteiger charge is 2.24. The number of amides is 1. The number of aryl methyl sites for hydroxylation is 1. The summed E-state index contributed by atoms with van der Waals surface area (Å²) in [6.45, 7) is 8.02.